The second-order valence-corrected chi connectivity index (χ2v) is 4.68. The lowest BCUT2D eigenvalue weighted by atomic mass is 9.87. The Balaban J connectivity index is 2.64. The lowest BCUT2D eigenvalue weighted by Crippen LogP contribution is -2.17. The van der Waals surface area contributed by atoms with Crippen molar-refractivity contribution in [2.45, 2.75) is 52.5 Å². The normalized spacial score (nSPS) is 26.8. The fourth-order valence-electron chi connectivity index (χ4n) is 1.96. The van der Waals surface area contributed by atoms with Gasteiger partial charge in [-0.25, -0.2) is 0 Å². The van der Waals surface area contributed by atoms with Crippen LogP contribution in [0.4, 0.5) is 0 Å². The van der Waals surface area contributed by atoms with Crippen LogP contribution in [0.3, 0.4) is 0 Å². The number of nitrogens with two attached hydrogens (primary N) is 1. The largest absolute Gasteiger partial charge is 0.324 e. The number of allylic oxidation sites excluding steroid dienone is 1. The lowest BCUT2D eigenvalue weighted by molar-refractivity contribution is 0.464. The smallest absolute Gasteiger partial charge is 0.0226 e. The molecule has 1 aliphatic rings. The molecule has 0 amide bonds. The molecule has 0 radical (unpaired) electrons. The van der Waals surface area contributed by atoms with E-state index in [4.69, 9.17) is 5.73 Å². The maximum atomic E-state index is 5.99. The summed E-state index contributed by atoms with van der Waals surface area (Å²) >= 11 is 0. The van der Waals surface area contributed by atoms with Gasteiger partial charge in [0.2, 0.25) is 0 Å². The molecule has 0 spiro atoms. The van der Waals surface area contributed by atoms with E-state index in [9.17, 15) is 0 Å². The van der Waals surface area contributed by atoms with Crippen LogP contribution in [0, 0.1) is 11.8 Å². The second kappa shape index (κ2) is 4.80. The van der Waals surface area contributed by atoms with Crippen LogP contribution in [0.15, 0.2) is 11.6 Å². The summed E-state index contributed by atoms with van der Waals surface area (Å²) in [4.78, 5) is 0. The van der Waals surface area contributed by atoms with E-state index in [2.05, 4.69) is 26.8 Å². The topological polar surface area (TPSA) is 26.0 Å². The van der Waals surface area contributed by atoms with Gasteiger partial charge in [-0.2, -0.15) is 0 Å². The van der Waals surface area contributed by atoms with Crippen molar-refractivity contribution in [2.75, 3.05) is 0 Å². The van der Waals surface area contributed by atoms with Gasteiger partial charge in [-0.3, -0.25) is 0 Å². The van der Waals surface area contributed by atoms with E-state index in [0.717, 1.165) is 5.92 Å². The third-order valence-corrected chi connectivity index (χ3v) is 3.27. The van der Waals surface area contributed by atoms with E-state index in [-0.39, 0.29) is 0 Å². The van der Waals surface area contributed by atoms with Gasteiger partial charge in [0.15, 0.2) is 0 Å². The van der Waals surface area contributed by atoms with Crippen molar-refractivity contribution in [1.82, 2.24) is 0 Å². The Labute approximate surface area is 82.4 Å². The average molecular weight is 181 g/mol. The molecular formula is C12H23N. The zero-order valence-corrected chi connectivity index (χ0v) is 9.22. The third kappa shape index (κ3) is 3.15. The molecule has 2 N–H and O–H groups in total. The lowest BCUT2D eigenvalue weighted by Gasteiger charge is -2.19. The minimum Gasteiger partial charge on any atom is -0.324 e. The molecule has 76 valence electrons. The van der Waals surface area contributed by atoms with Gasteiger partial charge in [-0.05, 0) is 31.1 Å². The minimum absolute atomic E-state index is 0.318. The molecule has 2 unspecified atom stereocenters. The molecule has 0 aromatic heterocycles. The zero-order valence-electron chi connectivity index (χ0n) is 9.22. The van der Waals surface area contributed by atoms with E-state index in [1.165, 1.54) is 25.7 Å². The summed E-state index contributed by atoms with van der Waals surface area (Å²) in [7, 11) is 0. The number of rotatable bonds is 2. The van der Waals surface area contributed by atoms with Crippen LogP contribution >= 0.6 is 0 Å². The van der Waals surface area contributed by atoms with Gasteiger partial charge in [-0.1, -0.05) is 38.8 Å². The first-order valence-corrected chi connectivity index (χ1v) is 5.57. The van der Waals surface area contributed by atoms with Crippen LogP contribution in [0.25, 0.3) is 0 Å². The maximum Gasteiger partial charge on any atom is 0.0226 e. The standard InChI is InChI=1S/C12H23N/c1-9(2)10(3)11-6-4-5-7-12(13)8-11/h8-10,12H,4-7,13H2,1-3H3. The van der Waals surface area contributed by atoms with Crippen LogP contribution in [-0.4, -0.2) is 6.04 Å². The first-order valence-electron chi connectivity index (χ1n) is 5.57. The van der Waals surface area contributed by atoms with Crippen molar-refractivity contribution in [3.63, 3.8) is 0 Å². The summed E-state index contributed by atoms with van der Waals surface area (Å²) < 4.78 is 0. The van der Waals surface area contributed by atoms with Crippen LogP contribution < -0.4 is 5.73 Å². The summed E-state index contributed by atoms with van der Waals surface area (Å²) in [5.41, 5.74) is 7.58. The molecule has 1 aliphatic carbocycles. The van der Waals surface area contributed by atoms with Crippen molar-refractivity contribution in [2.24, 2.45) is 17.6 Å². The highest BCUT2D eigenvalue weighted by Crippen LogP contribution is 2.27. The van der Waals surface area contributed by atoms with Gasteiger partial charge >= 0.3 is 0 Å². The van der Waals surface area contributed by atoms with Crippen molar-refractivity contribution >= 4 is 0 Å². The monoisotopic (exact) mass is 181 g/mol. The highest BCUT2D eigenvalue weighted by molar-refractivity contribution is 5.11. The Bertz CT molecular complexity index is 182. The van der Waals surface area contributed by atoms with Gasteiger partial charge in [-0.15, -0.1) is 0 Å². The molecule has 0 aromatic carbocycles. The minimum atomic E-state index is 0.318. The van der Waals surface area contributed by atoms with Crippen molar-refractivity contribution < 1.29 is 0 Å². The second-order valence-electron chi connectivity index (χ2n) is 4.68. The maximum absolute atomic E-state index is 5.99. The molecular weight excluding hydrogens is 158 g/mol. The Kier molecular flexibility index (Phi) is 3.98. The highest BCUT2D eigenvalue weighted by atomic mass is 14.6. The van der Waals surface area contributed by atoms with E-state index in [1.54, 1.807) is 5.57 Å². The van der Waals surface area contributed by atoms with E-state index in [0.29, 0.717) is 12.0 Å². The Morgan fingerprint density at radius 1 is 1.31 bits per heavy atom. The first kappa shape index (κ1) is 10.8. The van der Waals surface area contributed by atoms with Crippen LogP contribution in [0.1, 0.15) is 46.5 Å². The molecule has 2 atom stereocenters. The fraction of sp³-hybridized carbons (Fsp3) is 0.833. The highest BCUT2D eigenvalue weighted by Gasteiger charge is 2.16. The van der Waals surface area contributed by atoms with Gasteiger partial charge < -0.3 is 5.73 Å². The first-order chi connectivity index (χ1) is 6.11. The van der Waals surface area contributed by atoms with Gasteiger partial charge in [0.25, 0.3) is 0 Å². The summed E-state index contributed by atoms with van der Waals surface area (Å²) in [6, 6.07) is 0.318. The SMILES string of the molecule is CC(C)C(C)C1=CC(N)CCCC1. The van der Waals surface area contributed by atoms with E-state index >= 15 is 0 Å². The van der Waals surface area contributed by atoms with Crippen molar-refractivity contribution in [3.8, 4) is 0 Å². The number of hydrogen-bond donors (Lipinski definition) is 1. The van der Waals surface area contributed by atoms with Crippen LogP contribution in [0.2, 0.25) is 0 Å². The molecule has 0 bridgehead atoms. The fourth-order valence-corrected chi connectivity index (χ4v) is 1.96. The summed E-state index contributed by atoms with van der Waals surface area (Å²) in [5.74, 6) is 1.46. The Morgan fingerprint density at radius 3 is 2.62 bits per heavy atom. The predicted octanol–water partition coefficient (Wildman–Crippen LogP) is 3.11. The predicted molar refractivity (Wildman–Crippen MR) is 58.5 cm³/mol. The van der Waals surface area contributed by atoms with Crippen LogP contribution in [-0.2, 0) is 0 Å². The molecule has 1 heteroatoms. The molecule has 0 fully saturated rings. The summed E-state index contributed by atoms with van der Waals surface area (Å²) in [6.07, 6.45) is 7.39. The van der Waals surface area contributed by atoms with Gasteiger partial charge in [0, 0.05) is 6.04 Å². The number of hydrogen-bond acceptors (Lipinski definition) is 1. The Morgan fingerprint density at radius 2 is 2.00 bits per heavy atom. The molecule has 13 heavy (non-hydrogen) atoms. The summed E-state index contributed by atoms with van der Waals surface area (Å²) in [6.45, 7) is 6.92. The molecule has 0 aliphatic heterocycles. The third-order valence-electron chi connectivity index (χ3n) is 3.27. The van der Waals surface area contributed by atoms with Crippen LogP contribution in [0.5, 0.6) is 0 Å². The quantitative estimate of drug-likeness (QED) is 0.651. The summed E-state index contributed by atoms with van der Waals surface area (Å²) in [5, 5.41) is 0. The molecule has 0 saturated heterocycles. The molecule has 0 aromatic rings. The van der Waals surface area contributed by atoms with Crippen molar-refractivity contribution in [1.29, 1.82) is 0 Å². The van der Waals surface area contributed by atoms with Crippen molar-refractivity contribution in [3.05, 3.63) is 11.6 Å². The van der Waals surface area contributed by atoms with Gasteiger partial charge in [0.1, 0.15) is 0 Å². The molecule has 1 nitrogen and oxygen atoms in total. The van der Waals surface area contributed by atoms with E-state index < -0.39 is 0 Å². The van der Waals surface area contributed by atoms with E-state index in [1.807, 2.05) is 0 Å². The van der Waals surface area contributed by atoms with Gasteiger partial charge in [0.05, 0.1) is 0 Å². The molecule has 0 saturated carbocycles. The molecule has 1 rings (SSSR count). The molecule has 0 heterocycles. The zero-order chi connectivity index (χ0) is 9.84. The average Bonchev–Trinajstić information content (AvgIpc) is 2.28. The Hall–Kier alpha value is -0.300.